The minimum absolute atomic E-state index is 0.00180. The van der Waals surface area contributed by atoms with E-state index in [2.05, 4.69) is 9.80 Å². The van der Waals surface area contributed by atoms with Gasteiger partial charge in [-0.25, -0.2) is 0 Å². The number of amides is 2. The van der Waals surface area contributed by atoms with Gasteiger partial charge in [0.25, 0.3) is 11.8 Å². The van der Waals surface area contributed by atoms with Crippen molar-refractivity contribution in [2.75, 3.05) is 13.2 Å². The van der Waals surface area contributed by atoms with Crippen LogP contribution in [0.25, 0.3) is 0 Å². The molecular formula is C40H56N2O5. The summed E-state index contributed by atoms with van der Waals surface area (Å²) in [6.45, 7) is -0.00359. The summed E-state index contributed by atoms with van der Waals surface area (Å²) in [5, 5.41) is 0. The summed E-state index contributed by atoms with van der Waals surface area (Å²) in [5.41, 5.74) is 0. The second-order valence-electron chi connectivity index (χ2n) is 14.3. The Hall–Kier alpha value is -3.22. The maximum atomic E-state index is 13.8. The van der Waals surface area contributed by atoms with Gasteiger partial charge in [-0.15, -0.1) is 0 Å². The van der Waals surface area contributed by atoms with Gasteiger partial charge in [0, 0.05) is 24.2 Å². The molecule has 0 heterocycles. The summed E-state index contributed by atoms with van der Waals surface area (Å²) >= 11 is 0. The predicted octanol–water partition coefficient (Wildman–Crippen LogP) is 9.22. The molecule has 0 unspecified atom stereocenters. The van der Waals surface area contributed by atoms with E-state index in [4.69, 9.17) is 14.2 Å². The highest BCUT2D eigenvalue weighted by Gasteiger charge is 2.34. The Morgan fingerprint density at radius 2 is 0.723 bits per heavy atom. The molecule has 0 atom stereocenters. The van der Waals surface area contributed by atoms with Gasteiger partial charge in [0.05, 0.1) is 0 Å². The van der Waals surface area contributed by atoms with Gasteiger partial charge in [0.15, 0.2) is 36.2 Å². The number of para-hydroxylation sites is 4. The van der Waals surface area contributed by atoms with Gasteiger partial charge >= 0.3 is 0 Å². The van der Waals surface area contributed by atoms with Gasteiger partial charge in [-0.2, -0.15) is 0 Å². The van der Waals surface area contributed by atoms with Crippen LogP contribution in [0.2, 0.25) is 0 Å². The first-order valence-corrected chi connectivity index (χ1v) is 18.9. The van der Waals surface area contributed by atoms with Crippen molar-refractivity contribution in [2.24, 2.45) is 0 Å². The largest absolute Gasteiger partial charge is 0.480 e. The van der Waals surface area contributed by atoms with Gasteiger partial charge in [-0.1, -0.05) is 101 Å². The lowest BCUT2D eigenvalue weighted by atomic mass is 9.88. The fourth-order valence-corrected chi connectivity index (χ4v) is 8.70. The molecule has 0 aromatic heterocycles. The molecule has 256 valence electrons. The fraction of sp³-hybridized carbons (Fsp3) is 0.650. The van der Waals surface area contributed by atoms with Crippen molar-refractivity contribution in [2.45, 2.75) is 153 Å². The van der Waals surface area contributed by atoms with Crippen molar-refractivity contribution in [1.29, 1.82) is 0 Å². The molecule has 7 nitrogen and oxygen atoms in total. The molecule has 4 aliphatic carbocycles. The number of carbonyl (C=O) groups is 2. The minimum Gasteiger partial charge on any atom is -0.480 e. The van der Waals surface area contributed by atoms with Crippen LogP contribution in [0.3, 0.4) is 0 Å². The summed E-state index contributed by atoms with van der Waals surface area (Å²) in [5.74, 6) is 2.27. The lowest BCUT2D eigenvalue weighted by Crippen LogP contribution is -2.50. The first kappa shape index (κ1) is 33.7. The molecule has 4 fully saturated rings. The summed E-state index contributed by atoms with van der Waals surface area (Å²) < 4.78 is 18.8. The molecule has 2 aromatic carbocycles. The van der Waals surface area contributed by atoms with Crippen LogP contribution in [-0.2, 0) is 9.59 Å². The van der Waals surface area contributed by atoms with Gasteiger partial charge in [-0.3, -0.25) is 9.59 Å². The zero-order valence-corrected chi connectivity index (χ0v) is 28.4. The Bertz CT molecular complexity index is 1140. The zero-order valence-electron chi connectivity index (χ0n) is 28.4. The average Bonchev–Trinajstić information content (AvgIpc) is 3.13. The second kappa shape index (κ2) is 17.3. The molecule has 0 bridgehead atoms. The molecular weight excluding hydrogens is 588 g/mol. The number of carbonyl (C=O) groups excluding carboxylic acids is 2. The van der Waals surface area contributed by atoms with E-state index in [9.17, 15) is 9.59 Å². The molecule has 6 rings (SSSR count). The van der Waals surface area contributed by atoms with Crippen LogP contribution in [0, 0.1) is 0 Å². The molecule has 0 aliphatic heterocycles. The van der Waals surface area contributed by atoms with Gasteiger partial charge < -0.3 is 24.0 Å². The summed E-state index contributed by atoms with van der Waals surface area (Å²) in [7, 11) is 0. The lowest BCUT2D eigenvalue weighted by molar-refractivity contribution is -0.141. The normalized spacial score (nSPS) is 20.3. The van der Waals surface area contributed by atoms with Gasteiger partial charge in [-0.05, 0) is 75.6 Å². The van der Waals surface area contributed by atoms with Crippen LogP contribution < -0.4 is 14.2 Å². The molecule has 7 heteroatoms. The van der Waals surface area contributed by atoms with Crippen molar-refractivity contribution in [3.8, 4) is 23.0 Å². The number of benzene rings is 2. The highest BCUT2D eigenvalue weighted by atomic mass is 16.5. The maximum absolute atomic E-state index is 13.8. The quantitative estimate of drug-likeness (QED) is 0.230. The fourth-order valence-electron chi connectivity index (χ4n) is 8.70. The van der Waals surface area contributed by atoms with Crippen LogP contribution in [0.1, 0.15) is 128 Å². The Balaban J connectivity index is 1.11. The maximum Gasteiger partial charge on any atom is 0.261 e. The van der Waals surface area contributed by atoms with Crippen LogP contribution in [0.5, 0.6) is 23.0 Å². The number of ether oxygens (including phenoxy) is 3. The third kappa shape index (κ3) is 9.03. The van der Waals surface area contributed by atoms with Gasteiger partial charge in [0.2, 0.25) is 0 Å². The first-order valence-electron chi connectivity index (χ1n) is 18.9. The van der Waals surface area contributed by atoms with Crippen LogP contribution in [0.4, 0.5) is 0 Å². The first-order chi connectivity index (χ1) is 23.2. The summed E-state index contributed by atoms with van der Waals surface area (Å²) in [4.78, 5) is 32.0. The topological polar surface area (TPSA) is 68.3 Å². The van der Waals surface area contributed by atoms with E-state index in [1.165, 1.54) is 77.0 Å². The molecule has 0 N–H and O–H groups in total. The third-order valence-electron chi connectivity index (χ3n) is 11.1. The Morgan fingerprint density at radius 3 is 1.02 bits per heavy atom. The predicted molar refractivity (Wildman–Crippen MR) is 185 cm³/mol. The van der Waals surface area contributed by atoms with Crippen LogP contribution >= 0.6 is 0 Å². The molecule has 4 saturated carbocycles. The van der Waals surface area contributed by atoms with Crippen molar-refractivity contribution in [3.05, 3.63) is 48.5 Å². The Morgan fingerprint density at radius 1 is 0.447 bits per heavy atom. The molecule has 0 radical (unpaired) electrons. The van der Waals surface area contributed by atoms with E-state index in [0.717, 1.165) is 51.4 Å². The molecule has 2 amide bonds. The molecule has 4 aliphatic rings. The smallest absolute Gasteiger partial charge is 0.261 e. The highest BCUT2D eigenvalue weighted by molar-refractivity contribution is 5.79. The summed E-state index contributed by atoms with van der Waals surface area (Å²) in [6, 6.07) is 16.3. The van der Waals surface area contributed by atoms with Crippen LogP contribution in [-0.4, -0.2) is 59.0 Å². The number of hydrogen-bond acceptors (Lipinski definition) is 5. The number of rotatable bonds is 12. The Kier molecular flexibility index (Phi) is 12.4. The van der Waals surface area contributed by atoms with Crippen molar-refractivity contribution < 1.29 is 23.8 Å². The summed E-state index contributed by atoms with van der Waals surface area (Å²) in [6.07, 6.45) is 23.4. The van der Waals surface area contributed by atoms with Crippen molar-refractivity contribution in [1.82, 2.24) is 9.80 Å². The van der Waals surface area contributed by atoms with E-state index in [1.807, 2.05) is 48.5 Å². The number of hydrogen-bond donors (Lipinski definition) is 0. The van der Waals surface area contributed by atoms with Crippen molar-refractivity contribution in [3.63, 3.8) is 0 Å². The molecule has 47 heavy (non-hydrogen) atoms. The van der Waals surface area contributed by atoms with E-state index in [0.29, 0.717) is 47.2 Å². The number of nitrogens with zero attached hydrogens (tertiary/aromatic N) is 2. The zero-order chi connectivity index (χ0) is 32.3. The minimum atomic E-state index is -0.00180. The molecule has 2 aromatic rings. The Labute approximate surface area is 282 Å². The molecule has 0 spiro atoms. The van der Waals surface area contributed by atoms with E-state index < -0.39 is 0 Å². The SMILES string of the molecule is O=C(COc1ccccc1Oc1ccccc1OCC(=O)N(C1CCCCC1)C1CCCCC1)N(C1CCCCC1)C1CCCCC1. The third-order valence-corrected chi connectivity index (χ3v) is 11.1. The standard InChI is InChI=1S/C40H56N2O5/c43-39(41(31-17-5-1-6-18-31)32-19-7-2-8-20-32)29-45-35-25-13-15-27-37(35)47-38-28-16-14-26-36(38)46-30-40(44)42(33-21-9-3-10-22-33)34-23-11-4-12-24-34/h13-16,25-28,31-34H,1-12,17-24,29-30H2. The monoisotopic (exact) mass is 644 g/mol. The lowest BCUT2D eigenvalue weighted by Gasteiger charge is -2.41. The van der Waals surface area contributed by atoms with Crippen LogP contribution in [0.15, 0.2) is 48.5 Å². The van der Waals surface area contributed by atoms with E-state index >= 15 is 0 Å². The van der Waals surface area contributed by atoms with E-state index in [-0.39, 0.29) is 25.0 Å². The van der Waals surface area contributed by atoms with Crippen molar-refractivity contribution >= 4 is 11.8 Å². The highest BCUT2D eigenvalue weighted by Crippen LogP contribution is 2.37. The average molecular weight is 645 g/mol. The van der Waals surface area contributed by atoms with E-state index in [1.54, 1.807) is 0 Å². The molecule has 0 saturated heterocycles. The van der Waals surface area contributed by atoms with Gasteiger partial charge in [0.1, 0.15) is 0 Å². The second-order valence-corrected chi connectivity index (χ2v) is 14.3.